The SMILES string of the molecule is Cc1ccc(S(=O)(=O)NCCC(C)CCC(=O)O)c(C)c1. The minimum atomic E-state index is -3.50. The fraction of sp³-hybridized carbons (Fsp3) is 0.533. The molecule has 1 unspecified atom stereocenters. The third-order valence-corrected chi connectivity index (χ3v) is 5.02. The molecule has 0 fully saturated rings. The van der Waals surface area contributed by atoms with E-state index in [-0.39, 0.29) is 12.3 Å². The van der Waals surface area contributed by atoms with E-state index in [0.29, 0.717) is 24.3 Å². The molecule has 0 spiro atoms. The van der Waals surface area contributed by atoms with Gasteiger partial charge in [-0.2, -0.15) is 0 Å². The van der Waals surface area contributed by atoms with Crippen LogP contribution < -0.4 is 4.72 Å². The lowest BCUT2D eigenvalue weighted by Crippen LogP contribution is -2.26. The summed E-state index contributed by atoms with van der Waals surface area (Å²) in [6, 6.07) is 5.22. The van der Waals surface area contributed by atoms with E-state index < -0.39 is 16.0 Å². The van der Waals surface area contributed by atoms with Gasteiger partial charge in [0.25, 0.3) is 0 Å². The van der Waals surface area contributed by atoms with Gasteiger partial charge in [-0.3, -0.25) is 4.79 Å². The van der Waals surface area contributed by atoms with E-state index in [0.717, 1.165) is 11.1 Å². The van der Waals surface area contributed by atoms with Crippen molar-refractivity contribution in [2.75, 3.05) is 6.54 Å². The van der Waals surface area contributed by atoms with Crippen molar-refractivity contribution >= 4 is 16.0 Å². The van der Waals surface area contributed by atoms with Crippen molar-refractivity contribution in [1.82, 2.24) is 4.72 Å². The molecule has 0 amide bonds. The molecule has 0 aliphatic rings. The fourth-order valence-corrected chi connectivity index (χ4v) is 3.40. The smallest absolute Gasteiger partial charge is 0.303 e. The molecule has 1 aromatic rings. The summed E-state index contributed by atoms with van der Waals surface area (Å²) >= 11 is 0. The lowest BCUT2D eigenvalue weighted by atomic mass is 10.0. The molecule has 0 radical (unpaired) electrons. The van der Waals surface area contributed by atoms with Crippen molar-refractivity contribution < 1.29 is 18.3 Å². The van der Waals surface area contributed by atoms with E-state index in [2.05, 4.69) is 4.72 Å². The molecule has 6 heteroatoms. The van der Waals surface area contributed by atoms with E-state index in [1.54, 1.807) is 19.1 Å². The van der Waals surface area contributed by atoms with Crippen LogP contribution in [0.1, 0.15) is 37.3 Å². The third kappa shape index (κ3) is 5.85. The number of carbonyl (C=O) groups is 1. The zero-order chi connectivity index (χ0) is 16.0. The van der Waals surface area contributed by atoms with Crippen LogP contribution in [0.5, 0.6) is 0 Å². The molecule has 2 N–H and O–H groups in total. The number of aliphatic carboxylic acids is 1. The summed E-state index contributed by atoms with van der Waals surface area (Å²) in [6.45, 7) is 5.93. The Bertz CT molecular complexity index is 596. The van der Waals surface area contributed by atoms with Gasteiger partial charge in [0, 0.05) is 13.0 Å². The average Bonchev–Trinajstić information content (AvgIpc) is 2.35. The highest BCUT2D eigenvalue weighted by molar-refractivity contribution is 7.89. The first-order valence-electron chi connectivity index (χ1n) is 7.01. The predicted octanol–water partition coefficient (Wildman–Crippen LogP) is 2.47. The van der Waals surface area contributed by atoms with E-state index in [1.807, 2.05) is 19.9 Å². The number of aryl methyl sites for hydroxylation is 2. The Labute approximate surface area is 126 Å². The number of carboxylic acid groups (broad SMARTS) is 1. The molecule has 1 aromatic carbocycles. The molecule has 0 aliphatic heterocycles. The molecule has 0 aliphatic carbocycles. The first kappa shape index (κ1) is 17.7. The Morgan fingerprint density at radius 3 is 2.52 bits per heavy atom. The van der Waals surface area contributed by atoms with Gasteiger partial charge in [0.2, 0.25) is 10.0 Å². The van der Waals surface area contributed by atoms with Crippen LogP contribution in [0, 0.1) is 19.8 Å². The minimum Gasteiger partial charge on any atom is -0.481 e. The molecule has 1 atom stereocenters. The van der Waals surface area contributed by atoms with Gasteiger partial charge in [-0.1, -0.05) is 24.6 Å². The third-order valence-electron chi connectivity index (χ3n) is 3.40. The summed E-state index contributed by atoms with van der Waals surface area (Å²) in [5.41, 5.74) is 1.75. The van der Waals surface area contributed by atoms with Crippen LogP contribution in [0.2, 0.25) is 0 Å². The first-order valence-corrected chi connectivity index (χ1v) is 8.49. The summed E-state index contributed by atoms with van der Waals surface area (Å²) in [7, 11) is -3.50. The highest BCUT2D eigenvalue weighted by atomic mass is 32.2. The number of rotatable bonds is 8. The van der Waals surface area contributed by atoms with E-state index in [4.69, 9.17) is 5.11 Å². The summed E-state index contributed by atoms with van der Waals surface area (Å²) in [6.07, 6.45) is 1.29. The highest BCUT2D eigenvalue weighted by Gasteiger charge is 2.16. The van der Waals surface area contributed by atoms with Crippen LogP contribution in [-0.4, -0.2) is 26.0 Å². The molecule has 0 saturated heterocycles. The zero-order valence-electron chi connectivity index (χ0n) is 12.7. The molecule has 0 saturated carbocycles. The van der Waals surface area contributed by atoms with Crippen molar-refractivity contribution in [3.8, 4) is 0 Å². The number of hydrogen-bond donors (Lipinski definition) is 2. The maximum atomic E-state index is 12.2. The Morgan fingerprint density at radius 1 is 1.29 bits per heavy atom. The predicted molar refractivity (Wildman–Crippen MR) is 81.8 cm³/mol. The molecular weight excluding hydrogens is 290 g/mol. The molecule has 5 nitrogen and oxygen atoms in total. The molecular formula is C15H23NO4S. The minimum absolute atomic E-state index is 0.116. The maximum Gasteiger partial charge on any atom is 0.303 e. The maximum absolute atomic E-state index is 12.2. The second kappa shape index (κ2) is 7.56. The van der Waals surface area contributed by atoms with Crippen LogP contribution >= 0.6 is 0 Å². The number of benzene rings is 1. The summed E-state index contributed by atoms with van der Waals surface area (Å²) in [4.78, 5) is 10.8. The number of nitrogens with one attached hydrogen (secondary N) is 1. The van der Waals surface area contributed by atoms with Gasteiger partial charge >= 0.3 is 5.97 Å². The molecule has 0 bridgehead atoms. The highest BCUT2D eigenvalue weighted by Crippen LogP contribution is 2.17. The fourth-order valence-electron chi connectivity index (χ4n) is 2.13. The van der Waals surface area contributed by atoms with E-state index >= 15 is 0 Å². The van der Waals surface area contributed by atoms with Crippen LogP contribution in [0.15, 0.2) is 23.1 Å². The van der Waals surface area contributed by atoms with Crippen molar-refractivity contribution in [2.24, 2.45) is 5.92 Å². The summed E-state index contributed by atoms with van der Waals surface area (Å²) in [5, 5.41) is 8.61. The largest absolute Gasteiger partial charge is 0.481 e. The van der Waals surface area contributed by atoms with Gasteiger partial charge in [-0.15, -0.1) is 0 Å². The Balaban J connectivity index is 2.55. The van der Waals surface area contributed by atoms with Gasteiger partial charge in [-0.05, 0) is 44.2 Å². The quantitative estimate of drug-likeness (QED) is 0.772. The number of sulfonamides is 1. The molecule has 21 heavy (non-hydrogen) atoms. The first-order chi connectivity index (χ1) is 9.72. The van der Waals surface area contributed by atoms with Gasteiger partial charge in [0.1, 0.15) is 0 Å². The van der Waals surface area contributed by atoms with Crippen LogP contribution in [0.3, 0.4) is 0 Å². The molecule has 118 valence electrons. The van der Waals surface area contributed by atoms with Crippen LogP contribution in [-0.2, 0) is 14.8 Å². The molecule has 0 heterocycles. The molecule has 1 rings (SSSR count). The van der Waals surface area contributed by atoms with E-state index in [9.17, 15) is 13.2 Å². The zero-order valence-corrected chi connectivity index (χ0v) is 13.5. The monoisotopic (exact) mass is 313 g/mol. The Kier molecular flexibility index (Phi) is 6.36. The lowest BCUT2D eigenvalue weighted by molar-refractivity contribution is -0.137. The van der Waals surface area contributed by atoms with Gasteiger partial charge < -0.3 is 5.11 Å². The van der Waals surface area contributed by atoms with E-state index in [1.165, 1.54) is 0 Å². The number of carboxylic acids is 1. The summed E-state index contributed by atoms with van der Waals surface area (Å²) < 4.78 is 27.0. The topological polar surface area (TPSA) is 83.5 Å². The Morgan fingerprint density at radius 2 is 1.95 bits per heavy atom. The van der Waals surface area contributed by atoms with Crippen molar-refractivity contribution in [3.63, 3.8) is 0 Å². The van der Waals surface area contributed by atoms with Gasteiger partial charge in [0.05, 0.1) is 4.90 Å². The van der Waals surface area contributed by atoms with Gasteiger partial charge in [-0.25, -0.2) is 13.1 Å². The number of hydrogen-bond acceptors (Lipinski definition) is 3. The normalized spacial score (nSPS) is 13.1. The van der Waals surface area contributed by atoms with Crippen LogP contribution in [0.25, 0.3) is 0 Å². The molecule has 0 aromatic heterocycles. The standard InChI is InChI=1S/C15H23NO4S/c1-11(5-7-15(17)18)8-9-16-21(19,20)14-6-4-12(2)10-13(14)3/h4,6,10-11,16H,5,7-9H2,1-3H3,(H,17,18). The van der Waals surface area contributed by atoms with Crippen molar-refractivity contribution in [2.45, 2.75) is 44.9 Å². The van der Waals surface area contributed by atoms with Crippen LogP contribution in [0.4, 0.5) is 0 Å². The second-order valence-corrected chi connectivity index (χ2v) is 7.23. The Hall–Kier alpha value is -1.40. The van der Waals surface area contributed by atoms with Crippen molar-refractivity contribution in [3.05, 3.63) is 29.3 Å². The van der Waals surface area contributed by atoms with Gasteiger partial charge in [0.15, 0.2) is 0 Å². The van der Waals surface area contributed by atoms with Crippen molar-refractivity contribution in [1.29, 1.82) is 0 Å². The average molecular weight is 313 g/mol. The summed E-state index contributed by atoms with van der Waals surface area (Å²) in [5.74, 6) is -0.652. The second-order valence-electron chi connectivity index (χ2n) is 5.49. The lowest BCUT2D eigenvalue weighted by Gasteiger charge is -2.12.